The van der Waals surface area contributed by atoms with Gasteiger partial charge in [-0.15, -0.1) is 0 Å². The molecule has 0 rings (SSSR count). The lowest BCUT2D eigenvalue weighted by Gasteiger charge is -2.23. The third-order valence-electron chi connectivity index (χ3n) is 4.08. The summed E-state index contributed by atoms with van der Waals surface area (Å²) in [7, 11) is 0. The van der Waals surface area contributed by atoms with Gasteiger partial charge >= 0.3 is 0 Å². The van der Waals surface area contributed by atoms with Crippen LogP contribution in [-0.4, -0.2) is 140 Å². The van der Waals surface area contributed by atoms with Crippen molar-refractivity contribution in [1.82, 2.24) is 0 Å². The van der Waals surface area contributed by atoms with Crippen molar-refractivity contribution in [3.8, 4) is 0 Å². The normalized spacial score (nSPS) is 13.0. The smallest absolute Gasteiger partial charge is 0.0771 e. The van der Waals surface area contributed by atoms with Crippen LogP contribution in [0, 0.1) is 10.8 Å². The summed E-state index contributed by atoms with van der Waals surface area (Å²) in [6.45, 7) is 1.02. The minimum atomic E-state index is -1.11. The highest BCUT2D eigenvalue weighted by atomic mass is 16.3. The van der Waals surface area contributed by atoms with E-state index in [9.17, 15) is 0 Å². The highest BCUT2D eigenvalue weighted by Gasteiger charge is 2.26. The molecule has 0 fully saturated rings. The topological polar surface area (TPSA) is 243 Å². The Labute approximate surface area is 184 Å². The maximum absolute atomic E-state index is 8.63. The van der Waals surface area contributed by atoms with Crippen molar-refractivity contribution in [3.63, 3.8) is 0 Å². The van der Waals surface area contributed by atoms with Crippen LogP contribution in [0.3, 0.4) is 0 Å². The molecule has 0 aliphatic carbocycles. The van der Waals surface area contributed by atoms with Gasteiger partial charge in [-0.25, -0.2) is 0 Å². The highest BCUT2D eigenvalue weighted by molar-refractivity contribution is 4.75. The van der Waals surface area contributed by atoms with Crippen LogP contribution in [0.25, 0.3) is 0 Å². The van der Waals surface area contributed by atoms with Gasteiger partial charge in [-0.3, -0.25) is 0 Å². The quantitative estimate of drug-likeness (QED) is 0.123. The zero-order valence-electron chi connectivity index (χ0n) is 18.7. The van der Waals surface area contributed by atoms with Crippen molar-refractivity contribution in [3.05, 3.63) is 0 Å². The molecular weight excluding hydrogens is 420 g/mol. The van der Waals surface area contributed by atoms with Crippen LogP contribution in [0.5, 0.6) is 0 Å². The molecule has 12 heteroatoms. The molecule has 0 aromatic heterocycles. The fourth-order valence-corrected chi connectivity index (χ4v) is 0.997. The van der Waals surface area contributed by atoms with Crippen LogP contribution in [0.15, 0.2) is 0 Å². The molecule has 31 heavy (non-hydrogen) atoms. The largest absolute Gasteiger partial charge is 0.396 e. The number of aliphatic hydroxyl groups is 12. The molecule has 2 unspecified atom stereocenters. The first-order valence-electron chi connectivity index (χ1n) is 9.99. The first-order chi connectivity index (χ1) is 14.5. The molecule has 0 saturated heterocycles. The Morgan fingerprint density at radius 3 is 1.03 bits per heavy atom. The summed E-state index contributed by atoms with van der Waals surface area (Å²) >= 11 is 0. The summed E-state index contributed by atoms with van der Waals surface area (Å²) in [5.41, 5.74) is -1.82. The second kappa shape index (κ2) is 25.8. The molecule has 0 aliphatic rings. The summed E-state index contributed by atoms with van der Waals surface area (Å²) in [4.78, 5) is 0. The van der Waals surface area contributed by atoms with Gasteiger partial charge in [-0.05, 0) is 19.3 Å². The van der Waals surface area contributed by atoms with E-state index in [1.165, 1.54) is 0 Å². The lowest BCUT2D eigenvalue weighted by Crippen LogP contribution is -2.37. The molecular formula is C19H46O12. The second-order valence-electron chi connectivity index (χ2n) is 7.36. The summed E-state index contributed by atoms with van der Waals surface area (Å²) in [6.07, 6.45) is 0.512. The van der Waals surface area contributed by atoms with Crippen LogP contribution >= 0.6 is 0 Å². The summed E-state index contributed by atoms with van der Waals surface area (Å²) < 4.78 is 0. The Kier molecular flexibility index (Phi) is 31.4. The molecule has 0 bridgehead atoms. The third kappa shape index (κ3) is 24.0. The van der Waals surface area contributed by atoms with Crippen molar-refractivity contribution >= 4 is 0 Å². The van der Waals surface area contributed by atoms with E-state index < -0.39 is 49.5 Å². The van der Waals surface area contributed by atoms with Gasteiger partial charge in [0.15, 0.2) is 0 Å². The van der Waals surface area contributed by atoms with Crippen LogP contribution in [0.2, 0.25) is 0 Å². The summed E-state index contributed by atoms with van der Waals surface area (Å²) in [5, 5.41) is 101. The van der Waals surface area contributed by atoms with Gasteiger partial charge in [0, 0.05) is 12.0 Å². The van der Waals surface area contributed by atoms with Crippen LogP contribution < -0.4 is 0 Å². The van der Waals surface area contributed by atoms with Crippen molar-refractivity contribution < 1.29 is 61.3 Å². The van der Waals surface area contributed by atoms with Gasteiger partial charge in [0.1, 0.15) is 0 Å². The average Bonchev–Trinajstić information content (AvgIpc) is 2.84. The number of hydrogen-bond donors (Lipinski definition) is 12. The van der Waals surface area contributed by atoms with Crippen molar-refractivity contribution in [2.45, 2.75) is 45.3 Å². The van der Waals surface area contributed by atoms with Crippen LogP contribution in [-0.2, 0) is 0 Å². The first kappa shape index (κ1) is 37.8. The van der Waals surface area contributed by atoms with E-state index in [1.807, 2.05) is 6.92 Å². The lowest BCUT2D eigenvalue weighted by atomic mass is 9.93. The molecule has 0 aromatic carbocycles. The Hall–Kier alpha value is -0.480. The number of aliphatic hydroxyl groups excluding tert-OH is 12. The van der Waals surface area contributed by atoms with E-state index in [2.05, 4.69) is 0 Å². The van der Waals surface area contributed by atoms with Crippen molar-refractivity contribution in [1.29, 1.82) is 0 Å². The van der Waals surface area contributed by atoms with Crippen molar-refractivity contribution in [2.24, 2.45) is 10.8 Å². The molecule has 12 N–H and O–H groups in total. The van der Waals surface area contributed by atoms with Crippen LogP contribution in [0.4, 0.5) is 0 Å². The minimum absolute atomic E-state index is 0.0804. The minimum Gasteiger partial charge on any atom is -0.396 e. The molecule has 0 aromatic rings. The third-order valence-corrected chi connectivity index (χ3v) is 4.08. The SMILES string of the molecule is CC(CO)(CO)CO.CCC(O)CO.OCC(CO)(CO)CO.OCCCC(O)CO. The molecule has 0 aliphatic heterocycles. The Morgan fingerprint density at radius 2 is 0.935 bits per heavy atom. The monoisotopic (exact) mass is 466 g/mol. The molecule has 194 valence electrons. The number of rotatable bonds is 13. The van der Waals surface area contributed by atoms with Gasteiger partial charge in [0.2, 0.25) is 0 Å². The fourth-order valence-electron chi connectivity index (χ4n) is 0.997. The van der Waals surface area contributed by atoms with Gasteiger partial charge in [0.25, 0.3) is 0 Å². The average molecular weight is 467 g/mol. The van der Waals surface area contributed by atoms with Gasteiger partial charge in [-0.1, -0.05) is 13.8 Å². The van der Waals surface area contributed by atoms with E-state index in [-0.39, 0.29) is 39.6 Å². The van der Waals surface area contributed by atoms with E-state index in [4.69, 9.17) is 61.3 Å². The van der Waals surface area contributed by atoms with Gasteiger partial charge in [0.05, 0.1) is 77.1 Å². The summed E-state index contributed by atoms with van der Waals surface area (Å²) in [5.74, 6) is 0. The van der Waals surface area contributed by atoms with Crippen molar-refractivity contribution in [2.75, 3.05) is 66.1 Å². The Balaban J connectivity index is -0.000000158. The molecule has 0 saturated carbocycles. The summed E-state index contributed by atoms with van der Waals surface area (Å²) in [6, 6.07) is 0. The predicted octanol–water partition coefficient (Wildman–Crippen LogP) is -4.23. The Bertz CT molecular complexity index is 295. The maximum Gasteiger partial charge on any atom is 0.0771 e. The zero-order chi connectivity index (χ0) is 25.3. The lowest BCUT2D eigenvalue weighted by molar-refractivity contribution is -0.0328. The van der Waals surface area contributed by atoms with Gasteiger partial charge < -0.3 is 61.3 Å². The van der Waals surface area contributed by atoms with E-state index >= 15 is 0 Å². The van der Waals surface area contributed by atoms with E-state index in [0.29, 0.717) is 19.3 Å². The second-order valence-corrected chi connectivity index (χ2v) is 7.36. The highest BCUT2D eigenvalue weighted by Crippen LogP contribution is 2.12. The molecule has 0 heterocycles. The maximum atomic E-state index is 8.63. The molecule has 0 amide bonds. The van der Waals surface area contributed by atoms with E-state index in [1.54, 1.807) is 6.92 Å². The van der Waals surface area contributed by atoms with E-state index in [0.717, 1.165) is 0 Å². The molecule has 0 radical (unpaired) electrons. The van der Waals surface area contributed by atoms with Crippen LogP contribution in [0.1, 0.15) is 33.1 Å². The number of hydrogen-bond acceptors (Lipinski definition) is 12. The molecule has 12 nitrogen and oxygen atoms in total. The van der Waals surface area contributed by atoms with Gasteiger partial charge in [-0.2, -0.15) is 0 Å². The predicted molar refractivity (Wildman–Crippen MR) is 113 cm³/mol. The Morgan fingerprint density at radius 1 is 0.581 bits per heavy atom. The molecule has 2 atom stereocenters. The fraction of sp³-hybridized carbons (Fsp3) is 1.00. The zero-order valence-corrected chi connectivity index (χ0v) is 18.7. The first-order valence-corrected chi connectivity index (χ1v) is 9.99. The standard InChI is InChI=1S/C5H12O4.2C5H12O3.C4H10O2/c6-1-5(2-7,3-8)4-9;1-5(2-6,3-7)4-8;6-3-1-2-5(8)4-7;1-2-4(6)3-5/h6-9H,1-4H2;6-8H,2-4H2,1H3;5-8H,1-4H2;4-6H,2-3H2,1H3. The molecule has 0 spiro atoms.